The zero-order valence-corrected chi connectivity index (χ0v) is 11.8. The smallest absolute Gasteiger partial charge is 0.334 e. The second-order valence-electron chi connectivity index (χ2n) is 5.03. The van der Waals surface area contributed by atoms with Gasteiger partial charge in [0.2, 0.25) is 0 Å². The van der Waals surface area contributed by atoms with E-state index in [2.05, 4.69) is 18.4 Å². The Bertz CT molecular complexity index is 622. The van der Waals surface area contributed by atoms with Gasteiger partial charge in [-0.2, -0.15) is 0 Å². The van der Waals surface area contributed by atoms with Gasteiger partial charge in [-0.25, -0.2) is 9.18 Å². The third-order valence-electron chi connectivity index (χ3n) is 3.42. The van der Waals surface area contributed by atoms with Crippen LogP contribution in [0, 0.1) is 17.7 Å². The lowest BCUT2D eigenvalue weighted by molar-refractivity contribution is -0.151. The second kappa shape index (κ2) is 5.50. The lowest BCUT2D eigenvalue weighted by Gasteiger charge is -2.34. The number of carbonyl (C=O) groups excluding carboxylic acids is 1. The highest BCUT2D eigenvalue weighted by Crippen LogP contribution is 2.39. The summed E-state index contributed by atoms with van der Waals surface area (Å²) in [5.41, 5.74) is 0.897. The molecule has 1 atom stereocenters. The molecule has 0 aliphatic heterocycles. The number of carbonyl (C=O) groups is 1. The van der Waals surface area contributed by atoms with Crippen LogP contribution in [-0.2, 0) is 21.6 Å². The fourth-order valence-electron chi connectivity index (χ4n) is 2.51. The van der Waals surface area contributed by atoms with Crippen molar-refractivity contribution in [2.75, 3.05) is 0 Å². The van der Waals surface area contributed by atoms with E-state index in [1.807, 2.05) is 0 Å². The molecular formula is C17H17FO2. The molecule has 0 saturated carbocycles. The number of hydrogen-bond acceptors (Lipinski definition) is 2. The largest absolute Gasteiger partial charge is 0.438 e. The molecule has 0 radical (unpaired) electrons. The van der Waals surface area contributed by atoms with Gasteiger partial charge in [-0.3, -0.25) is 0 Å². The molecule has 1 aromatic carbocycles. The van der Waals surface area contributed by atoms with Gasteiger partial charge in [0.25, 0.3) is 0 Å². The molecule has 104 valence electrons. The molecule has 1 aromatic rings. The average molecular weight is 272 g/mol. The van der Waals surface area contributed by atoms with Gasteiger partial charge in [-0.15, -0.1) is 5.92 Å². The van der Waals surface area contributed by atoms with E-state index >= 15 is 0 Å². The lowest BCUT2D eigenvalue weighted by atomic mass is 9.79. The van der Waals surface area contributed by atoms with E-state index in [1.54, 1.807) is 19.9 Å². The Morgan fingerprint density at radius 1 is 1.50 bits per heavy atom. The number of rotatable bonds is 2. The molecule has 0 amide bonds. The molecular weight excluding hydrogens is 255 g/mol. The van der Waals surface area contributed by atoms with Crippen LogP contribution in [0.3, 0.4) is 0 Å². The van der Waals surface area contributed by atoms with Crippen LogP contribution in [0.2, 0.25) is 0 Å². The summed E-state index contributed by atoms with van der Waals surface area (Å²) < 4.78 is 19.2. The van der Waals surface area contributed by atoms with E-state index in [9.17, 15) is 9.18 Å². The van der Waals surface area contributed by atoms with Crippen molar-refractivity contribution in [3.8, 4) is 11.8 Å². The third kappa shape index (κ3) is 2.60. The zero-order chi connectivity index (χ0) is 14.8. The van der Waals surface area contributed by atoms with E-state index in [0.717, 1.165) is 18.4 Å². The van der Waals surface area contributed by atoms with Crippen molar-refractivity contribution < 1.29 is 13.9 Å². The minimum atomic E-state index is -1.06. The van der Waals surface area contributed by atoms with Crippen LogP contribution in [0.5, 0.6) is 0 Å². The number of benzene rings is 1. The molecule has 2 nitrogen and oxygen atoms in total. The Kier molecular flexibility index (Phi) is 3.94. The fraction of sp³-hybridized carbons (Fsp3) is 0.353. The van der Waals surface area contributed by atoms with Crippen molar-refractivity contribution in [3.63, 3.8) is 0 Å². The van der Waals surface area contributed by atoms with Crippen molar-refractivity contribution in [3.05, 3.63) is 47.3 Å². The highest BCUT2D eigenvalue weighted by Gasteiger charge is 2.39. The molecule has 0 bridgehead atoms. The summed E-state index contributed by atoms with van der Waals surface area (Å²) in [6.45, 7) is 6.86. The summed E-state index contributed by atoms with van der Waals surface area (Å²) in [5.74, 6) is 4.93. The quantitative estimate of drug-likeness (QED) is 0.468. The molecule has 2 rings (SSSR count). The predicted molar refractivity (Wildman–Crippen MR) is 75.4 cm³/mol. The van der Waals surface area contributed by atoms with Gasteiger partial charge in [-0.1, -0.05) is 18.6 Å². The molecule has 0 heterocycles. The first-order valence-corrected chi connectivity index (χ1v) is 6.60. The first-order chi connectivity index (χ1) is 9.48. The van der Waals surface area contributed by atoms with E-state index in [-0.39, 0.29) is 5.82 Å². The van der Waals surface area contributed by atoms with Gasteiger partial charge in [0.05, 0.1) is 0 Å². The second-order valence-corrected chi connectivity index (χ2v) is 5.03. The first kappa shape index (κ1) is 14.3. The van der Waals surface area contributed by atoms with Crippen LogP contribution in [0.15, 0.2) is 30.4 Å². The van der Waals surface area contributed by atoms with Crippen LogP contribution in [0.25, 0.3) is 0 Å². The lowest BCUT2D eigenvalue weighted by Crippen LogP contribution is -2.35. The molecule has 3 heteroatoms. The Balaban J connectivity index is 2.54. The molecule has 0 aromatic heterocycles. The molecule has 1 aliphatic carbocycles. The van der Waals surface area contributed by atoms with Crippen LogP contribution in [-0.4, -0.2) is 5.97 Å². The van der Waals surface area contributed by atoms with Gasteiger partial charge in [0.15, 0.2) is 5.60 Å². The van der Waals surface area contributed by atoms with Crippen molar-refractivity contribution >= 4 is 5.97 Å². The van der Waals surface area contributed by atoms with E-state index in [1.165, 1.54) is 12.1 Å². The summed E-state index contributed by atoms with van der Waals surface area (Å²) in [6.07, 6.45) is 2.26. The summed E-state index contributed by atoms with van der Waals surface area (Å²) in [7, 11) is 0. The van der Waals surface area contributed by atoms with Gasteiger partial charge in [0, 0.05) is 17.6 Å². The van der Waals surface area contributed by atoms with Gasteiger partial charge < -0.3 is 4.74 Å². The van der Waals surface area contributed by atoms with Crippen molar-refractivity contribution in [2.24, 2.45) is 0 Å². The Morgan fingerprint density at radius 2 is 2.25 bits per heavy atom. The highest BCUT2D eigenvalue weighted by molar-refractivity contribution is 5.87. The number of ether oxygens (including phenoxy) is 1. The standard InChI is InChI=1S/C17H17FO2/c1-4-9-17(20-16(19)12(2)3)10-5-6-13-7-8-14(18)11-15(13)17/h7-8,11H,2,5-6,10H2,1,3H3. The number of aryl methyl sites for hydroxylation is 1. The Morgan fingerprint density at radius 3 is 2.90 bits per heavy atom. The van der Waals surface area contributed by atoms with Crippen LogP contribution >= 0.6 is 0 Å². The van der Waals surface area contributed by atoms with E-state index < -0.39 is 11.6 Å². The summed E-state index contributed by atoms with van der Waals surface area (Å²) in [6, 6.07) is 4.59. The van der Waals surface area contributed by atoms with E-state index in [4.69, 9.17) is 4.74 Å². The summed E-state index contributed by atoms with van der Waals surface area (Å²) in [4.78, 5) is 11.9. The average Bonchev–Trinajstić information content (AvgIpc) is 2.40. The molecule has 0 spiro atoms. The van der Waals surface area contributed by atoms with E-state index in [0.29, 0.717) is 17.6 Å². The maximum absolute atomic E-state index is 13.6. The maximum Gasteiger partial charge on any atom is 0.334 e. The molecule has 0 N–H and O–H groups in total. The minimum absolute atomic E-state index is 0.311. The number of fused-ring (bicyclic) bond motifs is 1. The van der Waals surface area contributed by atoms with Crippen LogP contribution in [0.4, 0.5) is 4.39 Å². The summed E-state index contributed by atoms with van der Waals surface area (Å²) >= 11 is 0. The fourth-order valence-corrected chi connectivity index (χ4v) is 2.51. The summed E-state index contributed by atoms with van der Waals surface area (Å²) in [5, 5.41) is 0. The minimum Gasteiger partial charge on any atom is -0.438 e. The number of hydrogen-bond donors (Lipinski definition) is 0. The molecule has 20 heavy (non-hydrogen) atoms. The zero-order valence-electron chi connectivity index (χ0n) is 11.8. The molecule has 1 aliphatic rings. The van der Waals surface area contributed by atoms with Crippen molar-refractivity contribution in [1.29, 1.82) is 0 Å². The Hall–Kier alpha value is -2.08. The van der Waals surface area contributed by atoms with Crippen molar-refractivity contribution in [1.82, 2.24) is 0 Å². The first-order valence-electron chi connectivity index (χ1n) is 6.60. The number of halogens is 1. The number of esters is 1. The molecule has 0 fully saturated rings. The highest BCUT2D eigenvalue weighted by atomic mass is 19.1. The van der Waals surface area contributed by atoms with Gasteiger partial charge in [0.1, 0.15) is 5.82 Å². The van der Waals surface area contributed by atoms with Crippen molar-refractivity contribution in [2.45, 2.75) is 38.7 Å². The third-order valence-corrected chi connectivity index (χ3v) is 3.42. The maximum atomic E-state index is 13.6. The molecule has 1 unspecified atom stereocenters. The van der Waals surface area contributed by atoms with Gasteiger partial charge >= 0.3 is 5.97 Å². The predicted octanol–water partition coefficient (Wildman–Crippen LogP) is 3.50. The normalized spacial score (nSPS) is 20.4. The Labute approximate surface area is 118 Å². The van der Waals surface area contributed by atoms with Crippen LogP contribution in [0.1, 0.15) is 37.8 Å². The molecule has 0 saturated heterocycles. The monoisotopic (exact) mass is 272 g/mol. The van der Waals surface area contributed by atoms with Gasteiger partial charge in [-0.05, 0) is 44.4 Å². The van der Waals surface area contributed by atoms with Crippen LogP contribution < -0.4 is 0 Å². The SMILES string of the molecule is C=C(C)C(=O)OC1(C#CC)CCCc2ccc(F)cc21. The topological polar surface area (TPSA) is 26.3 Å².